The zero-order valence-electron chi connectivity index (χ0n) is 14.6. The van der Waals surface area contributed by atoms with Crippen molar-refractivity contribution in [2.24, 2.45) is 0 Å². The lowest BCUT2D eigenvalue weighted by Gasteiger charge is -2.34. The van der Waals surface area contributed by atoms with E-state index in [0.717, 1.165) is 46.9 Å². The van der Waals surface area contributed by atoms with Crippen molar-refractivity contribution in [3.8, 4) is 10.6 Å². The molecule has 1 aliphatic heterocycles. The summed E-state index contributed by atoms with van der Waals surface area (Å²) >= 11 is 3.32. The molecule has 1 saturated heterocycles. The van der Waals surface area contributed by atoms with Crippen LogP contribution in [0.25, 0.3) is 20.8 Å². The van der Waals surface area contributed by atoms with E-state index in [1.807, 2.05) is 46.7 Å². The maximum atomic E-state index is 13.2. The van der Waals surface area contributed by atoms with Crippen LogP contribution in [0.3, 0.4) is 0 Å². The van der Waals surface area contributed by atoms with Crippen molar-refractivity contribution < 1.29 is 4.79 Å². The fraction of sp³-hybridized carbons (Fsp3) is 0.250. The predicted molar refractivity (Wildman–Crippen MR) is 109 cm³/mol. The van der Waals surface area contributed by atoms with Gasteiger partial charge in [0.2, 0.25) is 0 Å². The summed E-state index contributed by atoms with van der Waals surface area (Å²) in [6.07, 6.45) is 3.09. The normalized spacial score (nSPS) is 17.5. The third-order valence-corrected chi connectivity index (χ3v) is 6.98. The van der Waals surface area contributed by atoms with Crippen molar-refractivity contribution in [2.45, 2.75) is 25.3 Å². The highest BCUT2D eigenvalue weighted by Crippen LogP contribution is 2.36. The molecule has 1 unspecified atom stereocenters. The number of hydrogen-bond acceptors (Lipinski definition) is 5. The van der Waals surface area contributed by atoms with Gasteiger partial charge in [-0.3, -0.25) is 9.89 Å². The van der Waals surface area contributed by atoms with Gasteiger partial charge in [0.1, 0.15) is 5.01 Å². The summed E-state index contributed by atoms with van der Waals surface area (Å²) in [5.41, 5.74) is 2.38. The van der Waals surface area contributed by atoms with Crippen LogP contribution in [0.2, 0.25) is 0 Å². The van der Waals surface area contributed by atoms with Crippen LogP contribution in [0, 0.1) is 0 Å². The lowest BCUT2D eigenvalue weighted by molar-refractivity contribution is 0.0605. The summed E-state index contributed by atoms with van der Waals surface area (Å²) in [6, 6.07) is 14.1. The minimum absolute atomic E-state index is 0.0157. The molecular formula is C20H18N4OS2. The first-order chi connectivity index (χ1) is 13.3. The van der Waals surface area contributed by atoms with Gasteiger partial charge in [-0.15, -0.1) is 22.7 Å². The van der Waals surface area contributed by atoms with E-state index >= 15 is 0 Å². The first-order valence-corrected chi connectivity index (χ1v) is 10.7. The topological polar surface area (TPSA) is 61.9 Å². The van der Waals surface area contributed by atoms with Crippen LogP contribution in [0.5, 0.6) is 0 Å². The molecular weight excluding hydrogens is 376 g/mol. The highest BCUT2D eigenvalue weighted by Gasteiger charge is 2.32. The van der Waals surface area contributed by atoms with E-state index in [1.54, 1.807) is 22.7 Å². The number of H-pyrrole nitrogens is 1. The third kappa shape index (κ3) is 3.07. The third-order valence-electron chi connectivity index (χ3n) is 4.94. The molecule has 4 aromatic rings. The SMILES string of the molecule is O=C(c1cc(-c2cccs2)[nH]n1)N1CCCCC1c1nc2ccccc2s1. The fourth-order valence-electron chi connectivity index (χ4n) is 3.60. The first kappa shape index (κ1) is 16.6. The van der Waals surface area contributed by atoms with Crippen LogP contribution >= 0.6 is 22.7 Å². The largest absolute Gasteiger partial charge is 0.328 e. The van der Waals surface area contributed by atoms with Crippen LogP contribution in [-0.4, -0.2) is 32.5 Å². The minimum Gasteiger partial charge on any atom is -0.328 e. The van der Waals surface area contributed by atoms with Gasteiger partial charge in [-0.25, -0.2) is 4.98 Å². The molecule has 1 amide bonds. The highest BCUT2D eigenvalue weighted by molar-refractivity contribution is 7.18. The molecule has 3 aromatic heterocycles. The lowest BCUT2D eigenvalue weighted by Crippen LogP contribution is -2.38. The first-order valence-electron chi connectivity index (χ1n) is 9.05. The highest BCUT2D eigenvalue weighted by atomic mass is 32.1. The van der Waals surface area contributed by atoms with Crippen molar-refractivity contribution in [1.82, 2.24) is 20.1 Å². The Morgan fingerprint density at radius 1 is 1.19 bits per heavy atom. The zero-order chi connectivity index (χ0) is 18.2. The number of nitrogens with zero attached hydrogens (tertiary/aromatic N) is 3. The standard InChI is InChI=1S/C20H18N4OS2/c25-20(15-12-14(22-23-15)17-9-5-11-26-17)24-10-4-3-7-16(24)19-21-13-6-1-2-8-18(13)27-19/h1-2,5-6,8-9,11-12,16H,3-4,7,10H2,(H,22,23). The lowest BCUT2D eigenvalue weighted by atomic mass is 10.0. The molecule has 5 rings (SSSR count). The van der Waals surface area contributed by atoms with Crippen LogP contribution in [0.4, 0.5) is 0 Å². The molecule has 1 fully saturated rings. The number of nitrogens with one attached hydrogen (secondary N) is 1. The second-order valence-electron chi connectivity index (χ2n) is 6.67. The van der Waals surface area contributed by atoms with Crippen molar-refractivity contribution >= 4 is 38.8 Å². The summed E-state index contributed by atoms with van der Waals surface area (Å²) in [7, 11) is 0. The van der Waals surface area contributed by atoms with E-state index < -0.39 is 0 Å². The number of rotatable bonds is 3. The second-order valence-corrected chi connectivity index (χ2v) is 8.68. The number of amides is 1. The van der Waals surface area contributed by atoms with Gasteiger partial charge in [-0.2, -0.15) is 5.10 Å². The quantitative estimate of drug-likeness (QED) is 0.525. The Bertz CT molecular complexity index is 1050. The Morgan fingerprint density at radius 2 is 2.11 bits per heavy atom. The average Bonchev–Trinajstić information content (AvgIpc) is 3.47. The molecule has 1 aromatic carbocycles. The van der Waals surface area contributed by atoms with E-state index in [9.17, 15) is 4.79 Å². The van der Waals surface area contributed by atoms with Crippen molar-refractivity contribution in [1.29, 1.82) is 0 Å². The molecule has 0 radical (unpaired) electrons. The van der Waals surface area contributed by atoms with Gasteiger partial charge in [0.15, 0.2) is 5.69 Å². The van der Waals surface area contributed by atoms with Crippen LogP contribution < -0.4 is 0 Å². The van der Waals surface area contributed by atoms with Gasteiger partial charge in [-0.05, 0) is 48.9 Å². The van der Waals surface area contributed by atoms with E-state index in [1.165, 1.54) is 4.70 Å². The van der Waals surface area contributed by atoms with Crippen LogP contribution in [0.15, 0.2) is 47.8 Å². The van der Waals surface area contributed by atoms with Crippen molar-refractivity contribution in [2.75, 3.05) is 6.54 Å². The monoisotopic (exact) mass is 394 g/mol. The Morgan fingerprint density at radius 3 is 2.96 bits per heavy atom. The summed E-state index contributed by atoms with van der Waals surface area (Å²) in [5.74, 6) is -0.0157. The van der Waals surface area contributed by atoms with Crippen molar-refractivity contribution in [3.05, 3.63) is 58.5 Å². The number of piperidine rings is 1. The maximum Gasteiger partial charge on any atom is 0.274 e. The Labute approximate surface area is 164 Å². The van der Waals surface area contributed by atoms with E-state index in [-0.39, 0.29) is 11.9 Å². The number of aromatic amines is 1. The maximum absolute atomic E-state index is 13.2. The fourth-order valence-corrected chi connectivity index (χ4v) is 5.41. The van der Waals surface area contributed by atoms with Crippen LogP contribution in [0.1, 0.15) is 40.8 Å². The molecule has 0 aliphatic carbocycles. The molecule has 1 aliphatic rings. The Balaban J connectivity index is 1.45. The number of benzene rings is 1. The van der Waals surface area contributed by atoms with Crippen LogP contribution in [-0.2, 0) is 0 Å². The van der Waals surface area contributed by atoms with Gasteiger partial charge in [0.25, 0.3) is 5.91 Å². The van der Waals surface area contributed by atoms with Gasteiger partial charge in [0.05, 0.1) is 26.8 Å². The average molecular weight is 395 g/mol. The summed E-state index contributed by atoms with van der Waals surface area (Å²) in [5, 5.41) is 10.3. The minimum atomic E-state index is -0.0157. The van der Waals surface area contributed by atoms with E-state index in [4.69, 9.17) is 4.98 Å². The second kappa shape index (κ2) is 6.90. The molecule has 1 atom stereocenters. The Hall–Kier alpha value is -2.51. The number of aromatic nitrogens is 3. The summed E-state index contributed by atoms with van der Waals surface area (Å²) in [4.78, 5) is 21.1. The van der Waals surface area contributed by atoms with E-state index in [0.29, 0.717) is 5.69 Å². The predicted octanol–water partition coefficient (Wildman–Crippen LogP) is 5.12. The molecule has 1 N–H and O–H groups in total. The van der Waals surface area contributed by atoms with Gasteiger partial charge in [0, 0.05) is 6.54 Å². The molecule has 0 spiro atoms. The molecule has 136 valence electrons. The molecule has 5 nitrogen and oxygen atoms in total. The summed E-state index contributed by atoms with van der Waals surface area (Å²) in [6.45, 7) is 0.751. The number of likely N-dealkylation sites (tertiary alicyclic amines) is 1. The number of hydrogen-bond donors (Lipinski definition) is 1. The summed E-state index contributed by atoms with van der Waals surface area (Å²) < 4.78 is 1.17. The number of carbonyl (C=O) groups excluding carboxylic acids is 1. The number of thiophene rings is 1. The van der Waals surface area contributed by atoms with Gasteiger partial charge >= 0.3 is 0 Å². The van der Waals surface area contributed by atoms with Gasteiger partial charge in [-0.1, -0.05) is 18.2 Å². The Kier molecular flexibility index (Phi) is 4.26. The number of para-hydroxylation sites is 1. The molecule has 7 heteroatoms. The number of fused-ring (bicyclic) bond motifs is 1. The molecule has 0 bridgehead atoms. The zero-order valence-corrected chi connectivity index (χ0v) is 16.2. The number of thiazole rings is 1. The molecule has 0 saturated carbocycles. The smallest absolute Gasteiger partial charge is 0.274 e. The molecule has 27 heavy (non-hydrogen) atoms. The van der Waals surface area contributed by atoms with Gasteiger partial charge < -0.3 is 4.90 Å². The molecule has 4 heterocycles. The van der Waals surface area contributed by atoms with Crippen molar-refractivity contribution in [3.63, 3.8) is 0 Å². The number of carbonyl (C=O) groups is 1. The van der Waals surface area contributed by atoms with E-state index in [2.05, 4.69) is 16.3 Å².